The number of fused-ring (bicyclic) bond motifs is 3. The Kier molecular flexibility index (Phi) is 2.20. The van der Waals surface area contributed by atoms with Crippen LogP contribution in [0.4, 0.5) is 0 Å². The molecule has 0 radical (unpaired) electrons. The number of rotatable bonds is 1. The highest BCUT2D eigenvalue weighted by Crippen LogP contribution is 2.51. The zero-order valence-corrected chi connectivity index (χ0v) is 11.9. The first-order valence-corrected chi connectivity index (χ1v) is 7.69. The molecule has 5 rings (SSSR count). The van der Waals surface area contributed by atoms with E-state index in [0.717, 1.165) is 19.3 Å². The topological polar surface area (TPSA) is 0 Å². The molecule has 0 N–H and O–H groups in total. The second-order valence-electron chi connectivity index (χ2n) is 6.18. The summed E-state index contributed by atoms with van der Waals surface area (Å²) in [5.41, 5.74) is 12.3. The van der Waals surface area contributed by atoms with Gasteiger partial charge >= 0.3 is 0 Å². The van der Waals surface area contributed by atoms with Crippen LogP contribution in [0.1, 0.15) is 29.5 Å². The van der Waals surface area contributed by atoms with Crippen molar-refractivity contribution in [1.29, 1.82) is 0 Å². The van der Waals surface area contributed by atoms with Crippen molar-refractivity contribution in [2.24, 2.45) is 0 Å². The molecule has 0 saturated carbocycles. The first-order valence-electron chi connectivity index (χ1n) is 7.69. The highest BCUT2D eigenvalue weighted by Gasteiger charge is 2.33. The molecule has 21 heavy (non-hydrogen) atoms. The number of hydrogen-bond donors (Lipinski definition) is 0. The predicted octanol–water partition coefficient (Wildman–Crippen LogP) is 5.18. The van der Waals surface area contributed by atoms with Gasteiger partial charge in [-0.25, -0.2) is 0 Å². The molecule has 0 nitrogen and oxygen atoms in total. The van der Waals surface area contributed by atoms with E-state index in [1.165, 1.54) is 22.3 Å². The fourth-order valence-electron chi connectivity index (χ4n) is 4.06. The summed E-state index contributed by atoms with van der Waals surface area (Å²) in [6.07, 6.45) is 5.83. The number of hydrogen-bond acceptors (Lipinski definition) is 0. The molecule has 0 amide bonds. The third kappa shape index (κ3) is 1.56. The van der Waals surface area contributed by atoms with Crippen LogP contribution in [0.5, 0.6) is 0 Å². The molecule has 0 aromatic heterocycles. The van der Waals surface area contributed by atoms with Crippen LogP contribution < -0.4 is 0 Å². The summed E-state index contributed by atoms with van der Waals surface area (Å²) in [5, 5.41) is 0. The van der Waals surface area contributed by atoms with Crippen molar-refractivity contribution in [2.75, 3.05) is 0 Å². The first kappa shape index (κ1) is 11.3. The summed E-state index contributed by atoms with van der Waals surface area (Å²) >= 11 is 0. The monoisotopic (exact) mass is 268 g/mol. The Morgan fingerprint density at radius 3 is 2.33 bits per heavy atom. The molecule has 100 valence electrons. The van der Waals surface area contributed by atoms with Crippen molar-refractivity contribution in [2.45, 2.75) is 19.3 Å². The number of allylic oxidation sites excluding steroid dienone is 6. The van der Waals surface area contributed by atoms with E-state index in [4.69, 9.17) is 0 Å². The molecule has 0 spiro atoms. The fourth-order valence-corrected chi connectivity index (χ4v) is 4.06. The van der Waals surface area contributed by atoms with Gasteiger partial charge in [-0.15, -0.1) is 0 Å². The Morgan fingerprint density at radius 1 is 0.619 bits per heavy atom. The molecule has 2 aromatic rings. The molecule has 0 atom stereocenters. The third-order valence-corrected chi connectivity index (χ3v) is 5.05. The predicted molar refractivity (Wildman–Crippen MR) is 87.7 cm³/mol. The normalized spacial score (nSPS) is 18.8. The van der Waals surface area contributed by atoms with Gasteiger partial charge in [-0.1, -0.05) is 60.7 Å². The van der Waals surface area contributed by atoms with Gasteiger partial charge in [-0.2, -0.15) is 0 Å². The van der Waals surface area contributed by atoms with Gasteiger partial charge in [0.2, 0.25) is 0 Å². The molecule has 0 bridgehead atoms. The van der Waals surface area contributed by atoms with E-state index in [2.05, 4.69) is 60.7 Å². The summed E-state index contributed by atoms with van der Waals surface area (Å²) in [6.45, 7) is 0. The summed E-state index contributed by atoms with van der Waals surface area (Å²) in [4.78, 5) is 0. The van der Waals surface area contributed by atoms with Gasteiger partial charge in [0.05, 0.1) is 0 Å². The van der Waals surface area contributed by atoms with Crippen molar-refractivity contribution < 1.29 is 0 Å². The van der Waals surface area contributed by atoms with Crippen molar-refractivity contribution in [3.63, 3.8) is 0 Å². The SMILES string of the molecule is C1=C(c2ccccc2)CC2=C1CC1=C2Cc2ccccc21. The minimum Gasteiger partial charge on any atom is -0.0622 e. The molecular formula is C21H16. The van der Waals surface area contributed by atoms with Gasteiger partial charge < -0.3 is 0 Å². The second kappa shape index (κ2) is 4.08. The van der Waals surface area contributed by atoms with Crippen molar-refractivity contribution in [3.8, 4) is 0 Å². The Hall–Kier alpha value is -2.34. The zero-order valence-electron chi connectivity index (χ0n) is 11.9. The molecular weight excluding hydrogens is 252 g/mol. The van der Waals surface area contributed by atoms with Gasteiger partial charge in [-0.3, -0.25) is 0 Å². The average Bonchev–Trinajstić information content (AvgIpc) is 3.17. The molecule has 3 aliphatic carbocycles. The van der Waals surface area contributed by atoms with Crippen LogP contribution in [0.25, 0.3) is 11.1 Å². The number of benzene rings is 2. The van der Waals surface area contributed by atoms with E-state index in [0.29, 0.717) is 0 Å². The van der Waals surface area contributed by atoms with E-state index in [1.54, 1.807) is 22.3 Å². The van der Waals surface area contributed by atoms with Crippen molar-refractivity contribution >= 4 is 11.1 Å². The van der Waals surface area contributed by atoms with E-state index in [-0.39, 0.29) is 0 Å². The maximum absolute atomic E-state index is 2.44. The maximum Gasteiger partial charge on any atom is -0.00137 e. The molecule has 3 aliphatic rings. The average molecular weight is 268 g/mol. The van der Waals surface area contributed by atoms with E-state index >= 15 is 0 Å². The standard InChI is InChI=1S/C21H16/c1-2-6-14(7-3-1)16-10-17-13-20-18-9-5-4-8-15(18)11-21(20)19(17)12-16/h1-10H,11-13H2. The lowest BCUT2D eigenvalue weighted by Crippen LogP contribution is -1.90. The van der Waals surface area contributed by atoms with Crippen molar-refractivity contribution in [1.82, 2.24) is 0 Å². The molecule has 0 fully saturated rings. The Balaban J connectivity index is 1.49. The largest absolute Gasteiger partial charge is 0.0622 e. The van der Waals surface area contributed by atoms with E-state index < -0.39 is 0 Å². The molecule has 2 aromatic carbocycles. The van der Waals surface area contributed by atoms with Gasteiger partial charge in [-0.05, 0) is 63.8 Å². The van der Waals surface area contributed by atoms with Crippen LogP contribution in [0.3, 0.4) is 0 Å². The first-order chi connectivity index (χ1) is 10.4. The summed E-state index contributed by atoms with van der Waals surface area (Å²) in [7, 11) is 0. The Bertz CT molecular complexity index is 845. The van der Waals surface area contributed by atoms with E-state index in [1.807, 2.05) is 0 Å². The van der Waals surface area contributed by atoms with Crippen LogP contribution in [0.15, 0.2) is 77.4 Å². The van der Waals surface area contributed by atoms with Crippen LogP contribution in [0.2, 0.25) is 0 Å². The van der Waals surface area contributed by atoms with Gasteiger partial charge in [0.1, 0.15) is 0 Å². The Labute approximate surface area is 125 Å². The minimum atomic E-state index is 1.12. The van der Waals surface area contributed by atoms with Crippen LogP contribution >= 0.6 is 0 Å². The fraction of sp³-hybridized carbons (Fsp3) is 0.143. The lowest BCUT2D eigenvalue weighted by molar-refractivity contribution is 1.15. The summed E-state index contributed by atoms with van der Waals surface area (Å²) < 4.78 is 0. The highest BCUT2D eigenvalue weighted by atomic mass is 14.4. The smallest absolute Gasteiger partial charge is 0.00137 e. The second-order valence-corrected chi connectivity index (χ2v) is 6.18. The molecule has 0 heteroatoms. The van der Waals surface area contributed by atoms with Gasteiger partial charge in [0, 0.05) is 0 Å². The summed E-state index contributed by atoms with van der Waals surface area (Å²) in [5.74, 6) is 0. The van der Waals surface area contributed by atoms with Crippen LogP contribution in [-0.4, -0.2) is 0 Å². The lowest BCUT2D eigenvalue weighted by atomic mass is 9.98. The van der Waals surface area contributed by atoms with Gasteiger partial charge in [0.15, 0.2) is 0 Å². The quantitative estimate of drug-likeness (QED) is 0.668. The van der Waals surface area contributed by atoms with Gasteiger partial charge in [0.25, 0.3) is 0 Å². The molecule has 0 aliphatic heterocycles. The molecule has 0 heterocycles. The molecule has 0 saturated heterocycles. The molecule has 0 unspecified atom stereocenters. The van der Waals surface area contributed by atoms with E-state index in [9.17, 15) is 0 Å². The lowest BCUT2D eigenvalue weighted by Gasteiger charge is -2.06. The summed E-state index contributed by atoms with van der Waals surface area (Å²) in [6, 6.07) is 19.7. The third-order valence-electron chi connectivity index (χ3n) is 5.05. The minimum absolute atomic E-state index is 1.12. The maximum atomic E-state index is 2.44. The van der Waals surface area contributed by atoms with Crippen LogP contribution in [0, 0.1) is 0 Å². The van der Waals surface area contributed by atoms with Crippen molar-refractivity contribution in [3.05, 3.63) is 94.1 Å². The van der Waals surface area contributed by atoms with Crippen LogP contribution in [-0.2, 0) is 6.42 Å². The highest BCUT2D eigenvalue weighted by molar-refractivity contribution is 5.90. The Morgan fingerprint density at radius 2 is 1.43 bits per heavy atom. The zero-order chi connectivity index (χ0) is 13.8.